The lowest BCUT2D eigenvalue weighted by molar-refractivity contribution is -0.106. The summed E-state index contributed by atoms with van der Waals surface area (Å²) in [6.45, 7) is 4.53. The first kappa shape index (κ1) is 16.2. The summed E-state index contributed by atoms with van der Waals surface area (Å²) < 4.78 is 5.90. The lowest BCUT2D eigenvalue weighted by atomic mass is 10.1. The van der Waals surface area contributed by atoms with Crippen LogP contribution in [0.4, 0.5) is 11.5 Å². The molecule has 2 saturated heterocycles. The number of ether oxygens (including phenoxy) is 1. The normalized spacial score (nSPS) is 23.1. The molecule has 2 unspecified atom stereocenters. The SMILES string of the molecule is Cc1nn(-c2ccccc2)nc1N(C=O)c1ccc(C23CN2CCO3)cc1. The van der Waals surface area contributed by atoms with Crippen LogP contribution < -0.4 is 4.90 Å². The van der Waals surface area contributed by atoms with Gasteiger partial charge >= 0.3 is 0 Å². The number of hydrogen-bond acceptors (Lipinski definition) is 5. The van der Waals surface area contributed by atoms with Crippen LogP contribution in [0.15, 0.2) is 54.6 Å². The average molecular weight is 361 g/mol. The van der Waals surface area contributed by atoms with E-state index in [4.69, 9.17) is 4.74 Å². The van der Waals surface area contributed by atoms with Gasteiger partial charge in [-0.3, -0.25) is 14.6 Å². The summed E-state index contributed by atoms with van der Waals surface area (Å²) in [5, 5.41) is 8.97. The van der Waals surface area contributed by atoms with Crippen molar-refractivity contribution >= 4 is 17.9 Å². The van der Waals surface area contributed by atoms with E-state index in [1.165, 1.54) is 4.90 Å². The number of carbonyl (C=O) groups excluding carboxylic acids is 1. The Labute approximate surface area is 156 Å². The summed E-state index contributed by atoms with van der Waals surface area (Å²) in [5.41, 5.74) is 3.16. The molecule has 2 aliphatic heterocycles. The quantitative estimate of drug-likeness (QED) is 0.516. The number of carbonyl (C=O) groups is 1. The van der Waals surface area contributed by atoms with Crippen LogP contribution in [0, 0.1) is 6.92 Å². The fourth-order valence-electron chi connectivity index (χ4n) is 3.69. The van der Waals surface area contributed by atoms with Crippen molar-refractivity contribution in [2.45, 2.75) is 12.6 Å². The highest BCUT2D eigenvalue weighted by Gasteiger charge is 2.58. The zero-order valence-corrected chi connectivity index (χ0v) is 14.9. The summed E-state index contributed by atoms with van der Waals surface area (Å²) >= 11 is 0. The van der Waals surface area contributed by atoms with Crippen molar-refractivity contribution in [3.63, 3.8) is 0 Å². The first-order valence-electron chi connectivity index (χ1n) is 8.95. The van der Waals surface area contributed by atoms with E-state index in [0.717, 1.165) is 43.0 Å². The maximum atomic E-state index is 11.8. The molecule has 1 amide bonds. The van der Waals surface area contributed by atoms with Crippen LogP contribution in [-0.4, -0.2) is 46.0 Å². The number of anilines is 2. The number of amides is 1. The van der Waals surface area contributed by atoms with E-state index in [9.17, 15) is 4.79 Å². The molecule has 0 aliphatic carbocycles. The largest absolute Gasteiger partial charge is 0.353 e. The Kier molecular flexibility index (Phi) is 3.60. The lowest BCUT2D eigenvalue weighted by Crippen LogP contribution is -2.17. The number of hydrogen-bond donors (Lipinski definition) is 0. The van der Waals surface area contributed by atoms with Gasteiger partial charge in [-0.25, -0.2) is 0 Å². The third-order valence-electron chi connectivity index (χ3n) is 5.19. The van der Waals surface area contributed by atoms with E-state index < -0.39 is 0 Å². The molecule has 2 aromatic carbocycles. The van der Waals surface area contributed by atoms with Gasteiger partial charge in [0, 0.05) is 18.7 Å². The highest BCUT2D eigenvalue weighted by molar-refractivity contribution is 5.85. The molecule has 0 radical (unpaired) electrons. The zero-order valence-electron chi connectivity index (χ0n) is 14.9. The highest BCUT2D eigenvalue weighted by Crippen LogP contribution is 2.47. The predicted molar refractivity (Wildman–Crippen MR) is 99.9 cm³/mol. The topological polar surface area (TPSA) is 63.3 Å². The van der Waals surface area contributed by atoms with Crippen molar-refractivity contribution in [3.8, 4) is 5.69 Å². The number of aromatic nitrogens is 3. The number of nitrogens with zero attached hydrogens (tertiary/aromatic N) is 5. The molecule has 27 heavy (non-hydrogen) atoms. The van der Waals surface area contributed by atoms with Crippen LogP contribution >= 0.6 is 0 Å². The van der Waals surface area contributed by atoms with Crippen LogP contribution in [0.1, 0.15) is 11.3 Å². The van der Waals surface area contributed by atoms with Gasteiger partial charge in [0.2, 0.25) is 6.41 Å². The molecule has 0 N–H and O–H groups in total. The first-order chi connectivity index (χ1) is 13.2. The first-order valence-corrected chi connectivity index (χ1v) is 8.95. The average Bonchev–Trinajstić information content (AvgIpc) is 3.05. The Bertz CT molecular complexity index is 985. The fraction of sp³-hybridized carbons (Fsp3) is 0.250. The minimum absolute atomic E-state index is 0.239. The van der Waals surface area contributed by atoms with Crippen LogP contribution in [0.3, 0.4) is 0 Å². The molecule has 136 valence electrons. The number of para-hydroxylation sites is 1. The van der Waals surface area contributed by atoms with Gasteiger partial charge in [0.1, 0.15) is 5.69 Å². The zero-order chi connectivity index (χ0) is 18.4. The van der Waals surface area contributed by atoms with E-state index in [2.05, 4.69) is 15.1 Å². The summed E-state index contributed by atoms with van der Waals surface area (Å²) in [6, 6.07) is 17.5. The van der Waals surface area contributed by atoms with Crippen molar-refractivity contribution in [2.24, 2.45) is 0 Å². The molecule has 3 aromatic rings. The molecule has 2 atom stereocenters. The standard InChI is InChI=1S/C20H19N5O2/c1-15-19(22-25(21-15)18-5-3-2-4-6-18)24(14-26)17-9-7-16(8-10-17)20-13-23(20)11-12-27-20/h2-10,14H,11-13H2,1H3. The van der Waals surface area contributed by atoms with E-state index in [-0.39, 0.29) is 5.72 Å². The number of morpholine rings is 1. The molecular formula is C20H19N5O2. The highest BCUT2D eigenvalue weighted by atomic mass is 16.5. The molecular weight excluding hydrogens is 342 g/mol. The van der Waals surface area contributed by atoms with Gasteiger partial charge in [0.15, 0.2) is 11.5 Å². The Morgan fingerprint density at radius 2 is 1.89 bits per heavy atom. The van der Waals surface area contributed by atoms with Crippen molar-refractivity contribution in [1.29, 1.82) is 0 Å². The Balaban J connectivity index is 1.45. The third-order valence-corrected chi connectivity index (χ3v) is 5.19. The summed E-state index contributed by atoms with van der Waals surface area (Å²) in [7, 11) is 0. The smallest absolute Gasteiger partial charge is 0.219 e. The van der Waals surface area contributed by atoms with E-state index in [0.29, 0.717) is 11.5 Å². The second kappa shape index (κ2) is 6.00. The van der Waals surface area contributed by atoms with Crippen LogP contribution in [0.5, 0.6) is 0 Å². The van der Waals surface area contributed by atoms with Crippen molar-refractivity contribution in [1.82, 2.24) is 19.9 Å². The molecule has 0 bridgehead atoms. The maximum absolute atomic E-state index is 11.8. The molecule has 1 aromatic heterocycles. The van der Waals surface area contributed by atoms with Crippen LogP contribution in [0.2, 0.25) is 0 Å². The number of aryl methyl sites for hydroxylation is 1. The van der Waals surface area contributed by atoms with Gasteiger partial charge in [-0.1, -0.05) is 30.3 Å². The van der Waals surface area contributed by atoms with Crippen molar-refractivity contribution in [2.75, 3.05) is 24.6 Å². The fourth-order valence-corrected chi connectivity index (χ4v) is 3.69. The monoisotopic (exact) mass is 361 g/mol. The second-order valence-corrected chi connectivity index (χ2v) is 6.81. The van der Waals surface area contributed by atoms with Crippen LogP contribution in [-0.2, 0) is 15.3 Å². The summed E-state index contributed by atoms with van der Waals surface area (Å²) in [5.74, 6) is 0.518. The van der Waals surface area contributed by atoms with Gasteiger partial charge in [0.05, 0.1) is 18.0 Å². The van der Waals surface area contributed by atoms with Crippen molar-refractivity contribution in [3.05, 3.63) is 65.9 Å². The maximum Gasteiger partial charge on any atom is 0.219 e. The number of rotatable bonds is 5. The molecule has 2 fully saturated rings. The van der Waals surface area contributed by atoms with E-state index in [1.54, 1.807) is 4.80 Å². The minimum Gasteiger partial charge on any atom is -0.353 e. The van der Waals surface area contributed by atoms with Gasteiger partial charge in [-0.15, -0.1) is 9.90 Å². The van der Waals surface area contributed by atoms with Gasteiger partial charge in [-0.2, -0.15) is 5.10 Å². The molecule has 7 nitrogen and oxygen atoms in total. The number of fused-ring (bicyclic) bond motifs is 1. The third kappa shape index (κ3) is 2.55. The van der Waals surface area contributed by atoms with E-state index in [1.807, 2.05) is 61.5 Å². The number of benzene rings is 2. The van der Waals surface area contributed by atoms with Gasteiger partial charge in [0.25, 0.3) is 0 Å². The molecule has 0 saturated carbocycles. The van der Waals surface area contributed by atoms with E-state index >= 15 is 0 Å². The molecule has 5 rings (SSSR count). The Morgan fingerprint density at radius 3 is 2.52 bits per heavy atom. The van der Waals surface area contributed by atoms with Crippen LogP contribution in [0.25, 0.3) is 5.69 Å². The molecule has 7 heteroatoms. The predicted octanol–water partition coefficient (Wildman–Crippen LogP) is 2.37. The summed E-state index contributed by atoms with van der Waals surface area (Å²) in [4.78, 5) is 17.2. The molecule has 2 aliphatic rings. The van der Waals surface area contributed by atoms with Crippen molar-refractivity contribution < 1.29 is 9.53 Å². The minimum atomic E-state index is -0.239. The molecule has 0 spiro atoms. The van der Waals surface area contributed by atoms with Gasteiger partial charge < -0.3 is 4.74 Å². The second-order valence-electron chi connectivity index (χ2n) is 6.81. The molecule has 3 heterocycles. The Hall–Kier alpha value is -3.03. The summed E-state index contributed by atoms with van der Waals surface area (Å²) in [6.07, 6.45) is 0.773. The Morgan fingerprint density at radius 1 is 1.11 bits per heavy atom. The van der Waals surface area contributed by atoms with Gasteiger partial charge in [-0.05, 0) is 31.2 Å². The lowest BCUT2D eigenvalue weighted by Gasteiger charge is -2.17.